The van der Waals surface area contributed by atoms with Crippen LogP contribution >= 0.6 is 0 Å². The van der Waals surface area contributed by atoms with E-state index in [0.717, 1.165) is 29.4 Å². The number of benzene rings is 2. The van der Waals surface area contributed by atoms with Crippen molar-refractivity contribution in [2.45, 2.75) is 33.6 Å². The van der Waals surface area contributed by atoms with Crippen LogP contribution in [0.2, 0.25) is 0 Å². The summed E-state index contributed by atoms with van der Waals surface area (Å²) in [5.74, 6) is 1.99. The summed E-state index contributed by atoms with van der Waals surface area (Å²) >= 11 is 0. The highest BCUT2D eigenvalue weighted by Gasteiger charge is 2.15. The molecule has 0 saturated carbocycles. The van der Waals surface area contributed by atoms with Gasteiger partial charge >= 0.3 is 0 Å². The Balaban J connectivity index is 0.00000481. The fourth-order valence-corrected chi connectivity index (χ4v) is 4.16. The second kappa shape index (κ2) is 16.4. The van der Waals surface area contributed by atoms with E-state index in [9.17, 15) is 10.1 Å². The van der Waals surface area contributed by atoms with Crippen molar-refractivity contribution in [2.75, 3.05) is 64.2 Å². The van der Waals surface area contributed by atoms with Crippen molar-refractivity contribution >= 4 is 27.9 Å². The minimum Gasteiger partial charge on any atom is -0.377 e. The number of carbonyl (C=O) groups is 1. The molecule has 0 aromatic heterocycles. The molecule has 0 spiro atoms. The van der Waals surface area contributed by atoms with E-state index in [0.29, 0.717) is 45.2 Å². The molecule has 7 heteroatoms. The molecule has 2 aromatic carbocycles. The lowest BCUT2D eigenvalue weighted by Crippen LogP contribution is -2.29. The second-order valence-electron chi connectivity index (χ2n) is 8.64. The zero-order chi connectivity index (χ0) is 25.6. The van der Waals surface area contributed by atoms with Gasteiger partial charge in [-0.15, -0.1) is 6.42 Å². The molecule has 1 saturated heterocycles. The molecular weight excluding hydrogens is 466 g/mol. The number of nitrogens with one attached hydrogen (secondary N) is 1. The lowest BCUT2D eigenvalue weighted by molar-refractivity contribution is -0.117. The zero-order valence-corrected chi connectivity index (χ0v) is 21.1. The van der Waals surface area contributed by atoms with Gasteiger partial charge in [0.05, 0.1) is 33.0 Å². The van der Waals surface area contributed by atoms with Gasteiger partial charge in [-0.1, -0.05) is 31.5 Å². The average molecular weight is 506 g/mol. The van der Waals surface area contributed by atoms with Crippen molar-refractivity contribution in [3.63, 3.8) is 0 Å². The van der Waals surface area contributed by atoms with Crippen LogP contribution < -0.4 is 10.2 Å². The van der Waals surface area contributed by atoms with Gasteiger partial charge in [0.15, 0.2) is 0 Å². The summed E-state index contributed by atoms with van der Waals surface area (Å²) in [7, 11) is 0. The third kappa shape index (κ3) is 9.22. The van der Waals surface area contributed by atoms with Crippen LogP contribution in [0.3, 0.4) is 0 Å². The number of fused-ring (bicyclic) bond motifs is 1. The van der Waals surface area contributed by atoms with Crippen LogP contribution in [-0.4, -0.2) is 65.2 Å². The minimum absolute atomic E-state index is 0. The van der Waals surface area contributed by atoms with Crippen LogP contribution in [0.25, 0.3) is 16.3 Å². The highest BCUT2D eigenvalue weighted by atomic mass is 16.5. The maximum Gasteiger partial charge on any atom is 0.262 e. The molecule has 3 rings (SSSR count). The smallest absolute Gasteiger partial charge is 0.262 e. The number of hydrogen-bond donors (Lipinski definition) is 1. The number of terminal acetylenes is 1. The van der Waals surface area contributed by atoms with Gasteiger partial charge in [0.2, 0.25) is 0 Å². The van der Waals surface area contributed by atoms with Crippen molar-refractivity contribution in [3.05, 3.63) is 47.5 Å². The number of nitrogens with zero attached hydrogens (tertiary/aromatic N) is 2. The van der Waals surface area contributed by atoms with E-state index in [1.54, 1.807) is 0 Å². The normalized spacial score (nSPS) is 13.8. The quantitative estimate of drug-likeness (QED) is 0.186. The Hall–Kier alpha value is -3.36. The lowest BCUT2D eigenvalue weighted by Gasteiger charge is -2.29. The number of allylic oxidation sites excluding steroid dienone is 1. The Morgan fingerprint density at radius 3 is 2.32 bits per heavy atom. The molecule has 1 N–H and O–H groups in total. The fourth-order valence-electron chi connectivity index (χ4n) is 4.16. The van der Waals surface area contributed by atoms with E-state index in [2.05, 4.69) is 46.5 Å². The van der Waals surface area contributed by atoms with Gasteiger partial charge in [0.1, 0.15) is 18.2 Å². The van der Waals surface area contributed by atoms with E-state index in [4.69, 9.17) is 20.6 Å². The van der Waals surface area contributed by atoms with E-state index >= 15 is 0 Å². The molecule has 1 aliphatic rings. The van der Waals surface area contributed by atoms with Gasteiger partial charge < -0.3 is 24.4 Å². The molecule has 2 aromatic rings. The van der Waals surface area contributed by atoms with Crippen molar-refractivity contribution in [2.24, 2.45) is 0 Å². The third-order valence-electron chi connectivity index (χ3n) is 6.15. The summed E-state index contributed by atoms with van der Waals surface area (Å²) in [5, 5.41) is 14.7. The molecule has 0 radical (unpaired) electrons. The van der Waals surface area contributed by atoms with Crippen LogP contribution in [0, 0.1) is 23.7 Å². The third-order valence-corrected chi connectivity index (χ3v) is 6.15. The Morgan fingerprint density at radius 1 is 0.973 bits per heavy atom. The van der Waals surface area contributed by atoms with Gasteiger partial charge in [-0.25, -0.2) is 0 Å². The molecule has 198 valence electrons. The molecule has 0 aliphatic carbocycles. The number of anilines is 1. The summed E-state index contributed by atoms with van der Waals surface area (Å²) in [4.78, 5) is 15.1. The van der Waals surface area contributed by atoms with Crippen LogP contribution in [0.1, 0.15) is 39.2 Å². The van der Waals surface area contributed by atoms with E-state index in [1.807, 2.05) is 19.1 Å². The number of rotatable bonds is 13. The number of hydrogen-bond acceptors (Lipinski definition) is 6. The average Bonchev–Trinajstić information content (AvgIpc) is 2.92. The lowest BCUT2D eigenvalue weighted by atomic mass is 9.98. The first-order valence-corrected chi connectivity index (χ1v) is 12.5. The second-order valence-corrected chi connectivity index (χ2v) is 8.64. The fraction of sp³-hybridized carbons (Fsp3) is 0.467. The first-order valence-electron chi connectivity index (χ1n) is 12.5. The summed E-state index contributed by atoms with van der Waals surface area (Å²) in [5.41, 5.74) is 2.87. The first kappa shape index (κ1) is 29.9. The number of piperidine rings is 1. The molecule has 1 heterocycles. The number of nitriles is 1. The molecule has 37 heavy (non-hydrogen) atoms. The monoisotopic (exact) mass is 505 g/mol. The molecule has 1 amide bonds. The highest BCUT2D eigenvalue weighted by Crippen LogP contribution is 2.28. The van der Waals surface area contributed by atoms with Crippen LogP contribution in [0.5, 0.6) is 0 Å². The summed E-state index contributed by atoms with van der Waals surface area (Å²) in [6.07, 6.45) is 8.88. The molecular formula is C30H39N3O4. The molecule has 1 fully saturated rings. The number of carbonyl (C=O) groups excluding carboxylic acids is 1. The van der Waals surface area contributed by atoms with Gasteiger partial charge in [-0.05, 0) is 66.3 Å². The molecule has 0 atom stereocenters. The Labute approximate surface area is 221 Å². The van der Waals surface area contributed by atoms with Crippen LogP contribution in [0.4, 0.5) is 5.69 Å². The van der Waals surface area contributed by atoms with Crippen molar-refractivity contribution in [1.82, 2.24) is 5.32 Å². The van der Waals surface area contributed by atoms with Gasteiger partial charge in [-0.2, -0.15) is 5.26 Å². The Bertz CT molecular complexity index is 1120. The predicted octanol–water partition coefficient (Wildman–Crippen LogP) is 4.56. The highest BCUT2D eigenvalue weighted by molar-refractivity contribution is 6.05. The largest absolute Gasteiger partial charge is 0.377 e. The maximum atomic E-state index is 12.6. The van der Waals surface area contributed by atoms with Crippen LogP contribution in [0.15, 0.2) is 42.0 Å². The SMILES string of the molecule is C.C#CCOCCOCCOCCNC(=O)/C(C#N)=C(\C)c1ccc2cc(N3CCCCC3)ccc2c1. The Kier molecular flexibility index (Phi) is 13.2. The summed E-state index contributed by atoms with van der Waals surface area (Å²) in [6, 6.07) is 14.6. The van der Waals surface area contributed by atoms with Crippen molar-refractivity contribution < 1.29 is 19.0 Å². The first-order chi connectivity index (χ1) is 17.6. The van der Waals surface area contributed by atoms with Gasteiger partial charge in [0, 0.05) is 25.3 Å². The van der Waals surface area contributed by atoms with Crippen molar-refractivity contribution in [1.29, 1.82) is 5.26 Å². The van der Waals surface area contributed by atoms with E-state index in [1.165, 1.54) is 24.9 Å². The Morgan fingerprint density at radius 2 is 1.62 bits per heavy atom. The van der Waals surface area contributed by atoms with Gasteiger partial charge in [-0.3, -0.25) is 4.79 Å². The summed E-state index contributed by atoms with van der Waals surface area (Å²) < 4.78 is 15.9. The molecule has 0 unspecified atom stereocenters. The zero-order valence-electron chi connectivity index (χ0n) is 21.1. The minimum atomic E-state index is -0.402. The van der Waals surface area contributed by atoms with E-state index in [-0.39, 0.29) is 19.6 Å². The predicted molar refractivity (Wildman–Crippen MR) is 149 cm³/mol. The standard InChI is InChI=1S/C29H35N3O4.CH4/c1-3-14-34-16-18-36-19-17-35-15-11-31-29(33)28(22-30)23(2)24-7-8-26-21-27(10-9-25(26)20-24)32-12-5-4-6-13-32;/h1,7-10,20-21H,4-6,11-19H2,2H3,(H,31,33);1H4/b28-23+;. The maximum absolute atomic E-state index is 12.6. The number of ether oxygens (including phenoxy) is 3. The molecule has 7 nitrogen and oxygen atoms in total. The van der Waals surface area contributed by atoms with E-state index < -0.39 is 5.91 Å². The van der Waals surface area contributed by atoms with Crippen molar-refractivity contribution in [3.8, 4) is 18.4 Å². The summed E-state index contributed by atoms with van der Waals surface area (Å²) in [6.45, 7) is 6.66. The number of amides is 1. The topological polar surface area (TPSA) is 83.8 Å². The van der Waals surface area contributed by atoms with Crippen LogP contribution in [-0.2, 0) is 19.0 Å². The van der Waals surface area contributed by atoms with Gasteiger partial charge in [0.25, 0.3) is 5.91 Å². The molecule has 1 aliphatic heterocycles. The molecule has 0 bridgehead atoms.